The van der Waals surface area contributed by atoms with Crippen molar-refractivity contribution in [2.75, 3.05) is 38.3 Å². The molecule has 3 amide bonds. The number of rotatable bonds is 13. The minimum atomic E-state index is -0.798. The van der Waals surface area contributed by atoms with Gasteiger partial charge in [-0.15, -0.1) is 0 Å². The van der Waals surface area contributed by atoms with Crippen molar-refractivity contribution in [1.82, 2.24) is 16.1 Å². The number of anilines is 1. The zero-order chi connectivity index (χ0) is 30.8. The highest BCUT2D eigenvalue weighted by Gasteiger charge is 2.32. The molecule has 0 fully saturated rings. The summed E-state index contributed by atoms with van der Waals surface area (Å²) in [4.78, 5) is 49.9. The van der Waals surface area contributed by atoms with Crippen molar-refractivity contribution in [3.05, 3.63) is 68.9 Å². The van der Waals surface area contributed by atoms with E-state index in [4.69, 9.17) is 14.2 Å². The third-order valence-electron chi connectivity index (χ3n) is 6.36. The standard InChI is InChI=1S/C28H34N6O8/c1-6-33(7-2)21-11-10-20(34(38)39)13-19(21)15-29-32-24(35)16-42-22-12-9-18(14-23(22)40-5)26-25(27(36)41-8-3)17(4)30-28(37)31-26/h9-15,26H,6-8,16H2,1-5H3,(H,32,35)(H2,30,31,37)/b29-15-/t26-/m0/s1. The lowest BCUT2D eigenvalue weighted by Gasteiger charge is -2.28. The third kappa shape index (κ3) is 7.53. The Labute approximate surface area is 242 Å². The number of nitro groups is 1. The van der Waals surface area contributed by atoms with E-state index in [1.54, 1.807) is 38.1 Å². The molecule has 0 saturated heterocycles. The lowest BCUT2D eigenvalue weighted by molar-refractivity contribution is -0.384. The van der Waals surface area contributed by atoms with Crippen LogP contribution in [0.3, 0.4) is 0 Å². The average Bonchev–Trinajstić information content (AvgIpc) is 2.96. The number of amides is 3. The molecule has 1 aliphatic rings. The van der Waals surface area contributed by atoms with Crippen molar-refractivity contribution < 1.29 is 33.5 Å². The topological polar surface area (TPSA) is 174 Å². The Morgan fingerprint density at radius 2 is 1.88 bits per heavy atom. The van der Waals surface area contributed by atoms with Crippen LogP contribution in [0.5, 0.6) is 11.5 Å². The Kier molecular flexibility index (Phi) is 10.8. The van der Waals surface area contributed by atoms with Gasteiger partial charge in [-0.05, 0) is 51.5 Å². The van der Waals surface area contributed by atoms with Crippen LogP contribution in [-0.2, 0) is 14.3 Å². The molecule has 0 unspecified atom stereocenters. The summed E-state index contributed by atoms with van der Waals surface area (Å²) in [5, 5.41) is 20.5. The number of urea groups is 1. The first-order chi connectivity index (χ1) is 20.1. The summed E-state index contributed by atoms with van der Waals surface area (Å²) < 4.78 is 16.2. The molecule has 1 heterocycles. The van der Waals surface area contributed by atoms with Crippen molar-refractivity contribution >= 4 is 35.5 Å². The van der Waals surface area contributed by atoms with Crippen LogP contribution in [0.25, 0.3) is 0 Å². The fourth-order valence-electron chi connectivity index (χ4n) is 4.37. The summed E-state index contributed by atoms with van der Waals surface area (Å²) in [6.45, 7) is 8.34. The number of methoxy groups -OCH3 is 1. The summed E-state index contributed by atoms with van der Waals surface area (Å²) in [5.41, 5.74) is 4.63. The maximum absolute atomic E-state index is 12.6. The summed E-state index contributed by atoms with van der Waals surface area (Å²) in [7, 11) is 1.41. The Bertz CT molecular complexity index is 1400. The van der Waals surface area contributed by atoms with Gasteiger partial charge in [0.15, 0.2) is 18.1 Å². The monoisotopic (exact) mass is 582 g/mol. The number of esters is 1. The van der Waals surface area contributed by atoms with E-state index in [-0.39, 0.29) is 29.4 Å². The van der Waals surface area contributed by atoms with E-state index in [1.807, 2.05) is 18.7 Å². The van der Waals surface area contributed by atoms with E-state index in [1.165, 1.54) is 25.5 Å². The number of carbonyl (C=O) groups is 3. The van der Waals surface area contributed by atoms with Crippen LogP contribution in [0.4, 0.5) is 16.2 Å². The Morgan fingerprint density at radius 1 is 1.14 bits per heavy atom. The molecular formula is C28H34N6O8. The third-order valence-corrected chi connectivity index (χ3v) is 6.36. The fraction of sp³-hybridized carbons (Fsp3) is 0.357. The number of hydrogen-bond donors (Lipinski definition) is 3. The number of nitro benzene ring substituents is 1. The van der Waals surface area contributed by atoms with Crippen molar-refractivity contribution in [3.63, 3.8) is 0 Å². The largest absolute Gasteiger partial charge is 0.493 e. The molecule has 3 N–H and O–H groups in total. The van der Waals surface area contributed by atoms with Gasteiger partial charge in [0.05, 0.1) is 36.5 Å². The van der Waals surface area contributed by atoms with Gasteiger partial charge in [0.25, 0.3) is 11.6 Å². The minimum absolute atomic E-state index is 0.0957. The van der Waals surface area contributed by atoms with Crippen LogP contribution in [0.2, 0.25) is 0 Å². The molecule has 42 heavy (non-hydrogen) atoms. The highest BCUT2D eigenvalue weighted by atomic mass is 16.6. The predicted molar refractivity (Wildman–Crippen MR) is 155 cm³/mol. The molecule has 2 aromatic carbocycles. The number of allylic oxidation sites excluding steroid dienone is 1. The van der Waals surface area contributed by atoms with Gasteiger partial charge in [0.1, 0.15) is 0 Å². The molecule has 0 bridgehead atoms. The average molecular weight is 583 g/mol. The fourth-order valence-corrected chi connectivity index (χ4v) is 4.37. The van der Waals surface area contributed by atoms with E-state index in [9.17, 15) is 24.5 Å². The number of ether oxygens (including phenoxy) is 3. The second-order valence-corrected chi connectivity index (χ2v) is 8.96. The van der Waals surface area contributed by atoms with Gasteiger partial charge in [0, 0.05) is 42.2 Å². The van der Waals surface area contributed by atoms with Gasteiger partial charge in [-0.25, -0.2) is 15.0 Å². The highest BCUT2D eigenvalue weighted by Crippen LogP contribution is 2.34. The maximum Gasteiger partial charge on any atom is 0.338 e. The number of hydrogen-bond acceptors (Lipinski definition) is 10. The lowest BCUT2D eigenvalue weighted by Crippen LogP contribution is -2.45. The number of non-ortho nitro benzene ring substituents is 1. The second-order valence-electron chi connectivity index (χ2n) is 8.96. The molecule has 0 radical (unpaired) electrons. The molecule has 0 spiro atoms. The van der Waals surface area contributed by atoms with Gasteiger partial charge in [-0.3, -0.25) is 14.9 Å². The van der Waals surface area contributed by atoms with Gasteiger partial charge in [-0.2, -0.15) is 5.10 Å². The van der Waals surface area contributed by atoms with E-state index in [0.717, 1.165) is 5.69 Å². The predicted octanol–water partition coefficient (Wildman–Crippen LogP) is 3.17. The Hall–Kier alpha value is -5.14. The number of nitrogens with zero attached hydrogens (tertiary/aromatic N) is 3. The number of nitrogens with one attached hydrogen (secondary N) is 3. The van der Waals surface area contributed by atoms with E-state index >= 15 is 0 Å². The molecule has 224 valence electrons. The van der Waals surface area contributed by atoms with Gasteiger partial charge < -0.3 is 29.7 Å². The maximum atomic E-state index is 12.6. The molecular weight excluding hydrogens is 548 g/mol. The van der Waals surface area contributed by atoms with E-state index in [0.29, 0.717) is 29.9 Å². The Balaban J connectivity index is 1.72. The molecule has 14 nitrogen and oxygen atoms in total. The number of carbonyl (C=O) groups excluding carboxylic acids is 3. The Morgan fingerprint density at radius 3 is 2.52 bits per heavy atom. The molecule has 1 aliphatic heterocycles. The van der Waals surface area contributed by atoms with Crippen LogP contribution < -0.4 is 30.4 Å². The highest BCUT2D eigenvalue weighted by molar-refractivity contribution is 5.95. The van der Waals surface area contributed by atoms with Gasteiger partial charge >= 0.3 is 12.0 Å². The zero-order valence-electron chi connectivity index (χ0n) is 24.1. The SMILES string of the molecule is CCOC(=O)C1=C(C)NC(=O)N[C@H]1c1ccc(OCC(=O)N/N=C\c2cc([N+](=O)[O-])ccc2N(CC)CC)c(OC)c1. The smallest absolute Gasteiger partial charge is 0.338 e. The summed E-state index contributed by atoms with van der Waals surface area (Å²) >= 11 is 0. The zero-order valence-corrected chi connectivity index (χ0v) is 24.1. The number of benzene rings is 2. The minimum Gasteiger partial charge on any atom is -0.493 e. The van der Waals surface area contributed by atoms with Crippen molar-refractivity contribution in [1.29, 1.82) is 0 Å². The van der Waals surface area contributed by atoms with Crippen LogP contribution in [-0.4, -0.2) is 62.5 Å². The summed E-state index contributed by atoms with van der Waals surface area (Å²) in [5.74, 6) is -0.654. The van der Waals surface area contributed by atoms with E-state index in [2.05, 4.69) is 21.2 Å². The molecule has 0 aromatic heterocycles. The molecule has 2 aromatic rings. The van der Waals surface area contributed by atoms with Crippen LogP contribution in [0.15, 0.2) is 52.8 Å². The van der Waals surface area contributed by atoms with Crippen molar-refractivity contribution in [2.24, 2.45) is 5.10 Å². The first-order valence-electron chi connectivity index (χ1n) is 13.2. The van der Waals surface area contributed by atoms with Crippen LogP contribution in [0.1, 0.15) is 44.9 Å². The molecule has 0 saturated carbocycles. The van der Waals surface area contributed by atoms with Crippen molar-refractivity contribution in [3.8, 4) is 11.5 Å². The first-order valence-corrected chi connectivity index (χ1v) is 13.2. The quantitative estimate of drug-likeness (QED) is 0.139. The molecule has 3 rings (SSSR count). The van der Waals surface area contributed by atoms with Crippen LogP contribution >= 0.6 is 0 Å². The van der Waals surface area contributed by atoms with Crippen molar-refractivity contribution in [2.45, 2.75) is 33.7 Å². The first kappa shape index (κ1) is 31.4. The van der Waals surface area contributed by atoms with E-state index < -0.39 is 35.5 Å². The molecule has 14 heteroatoms. The number of hydrazone groups is 1. The summed E-state index contributed by atoms with van der Waals surface area (Å²) in [6, 6.07) is 7.96. The summed E-state index contributed by atoms with van der Waals surface area (Å²) in [6.07, 6.45) is 1.35. The van der Waals surface area contributed by atoms with Crippen LogP contribution in [0, 0.1) is 10.1 Å². The van der Waals surface area contributed by atoms with Gasteiger partial charge in [-0.1, -0.05) is 6.07 Å². The lowest BCUT2D eigenvalue weighted by atomic mass is 9.95. The second kappa shape index (κ2) is 14.5. The molecule has 1 atom stereocenters. The molecule has 0 aliphatic carbocycles. The van der Waals surface area contributed by atoms with Gasteiger partial charge in [0.2, 0.25) is 0 Å². The normalized spacial score (nSPS) is 14.6.